The molecule has 1 aromatic carbocycles. The molecule has 7 heteroatoms. The number of nitrogens with two attached hydrogens (primary N) is 1. The molecule has 0 radical (unpaired) electrons. The largest absolute Gasteiger partial charge is 0.484 e. The van der Waals surface area contributed by atoms with E-state index in [1.54, 1.807) is 18.3 Å². The predicted molar refractivity (Wildman–Crippen MR) is 100 cm³/mol. The van der Waals surface area contributed by atoms with Crippen molar-refractivity contribution >= 4 is 11.9 Å². The van der Waals surface area contributed by atoms with Crippen LogP contribution in [0.4, 0.5) is 10.6 Å². The summed E-state index contributed by atoms with van der Waals surface area (Å²) in [5.41, 5.74) is 5.71. The number of aromatic nitrogens is 1. The maximum Gasteiger partial charge on any atom is 0.408 e. The molecule has 3 N–H and O–H groups in total. The zero-order valence-electron chi connectivity index (χ0n) is 15.8. The number of amides is 1. The standard InChI is InChI=1S/C20H23N3O4/c1-19(2,3)27-18(24)23-17-16-13-9-11(5-6-14(13)26-20(16,17)4)25-12-7-8-22-15(21)10-12/h5-10,16-17H,1-4H3,(H2,21,22)(H,23,24)/t16-,17-,20?/m0/s1. The number of fused-ring (bicyclic) bond motifs is 3. The van der Waals surface area contributed by atoms with Crippen molar-refractivity contribution in [2.45, 2.75) is 50.9 Å². The van der Waals surface area contributed by atoms with Crippen molar-refractivity contribution in [1.29, 1.82) is 0 Å². The van der Waals surface area contributed by atoms with Gasteiger partial charge >= 0.3 is 6.09 Å². The molecule has 4 rings (SSSR count). The molecule has 2 aromatic rings. The monoisotopic (exact) mass is 369 g/mol. The minimum atomic E-state index is -0.541. The van der Waals surface area contributed by atoms with Crippen LogP contribution in [0.25, 0.3) is 0 Å². The number of hydrogen-bond acceptors (Lipinski definition) is 6. The van der Waals surface area contributed by atoms with Gasteiger partial charge < -0.3 is 25.3 Å². The molecule has 0 bridgehead atoms. The minimum Gasteiger partial charge on any atom is -0.484 e. The van der Waals surface area contributed by atoms with Crippen molar-refractivity contribution in [1.82, 2.24) is 10.3 Å². The Balaban J connectivity index is 1.50. The average molecular weight is 369 g/mol. The summed E-state index contributed by atoms with van der Waals surface area (Å²) in [5.74, 6) is 2.56. The Hall–Kier alpha value is -2.96. The highest BCUT2D eigenvalue weighted by atomic mass is 16.6. The van der Waals surface area contributed by atoms with E-state index in [1.807, 2.05) is 45.9 Å². The zero-order valence-corrected chi connectivity index (χ0v) is 15.8. The van der Waals surface area contributed by atoms with Crippen molar-refractivity contribution in [3.8, 4) is 17.2 Å². The fourth-order valence-corrected chi connectivity index (χ4v) is 3.56. The number of pyridine rings is 1. The summed E-state index contributed by atoms with van der Waals surface area (Å²) in [6.45, 7) is 7.50. The lowest BCUT2D eigenvalue weighted by Gasteiger charge is -2.21. The summed E-state index contributed by atoms with van der Waals surface area (Å²) in [7, 11) is 0. The molecule has 1 aromatic heterocycles. The fraction of sp³-hybridized carbons (Fsp3) is 0.400. The van der Waals surface area contributed by atoms with Crippen LogP contribution in [-0.2, 0) is 4.74 Å². The third-order valence-corrected chi connectivity index (χ3v) is 4.77. The van der Waals surface area contributed by atoms with Gasteiger partial charge in [-0.05, 0) is 52.0 Å². The Morgan fingerprint density at radius 2 is 2.00 bits per heavy atom. The lowest BCUT2D eigenvalue weighted by molar-refractivity contribution is 0.0502. The van der Waals surface area contributed by atoms with Crippen molar-refractivity contribution in [2.75, 3.05) is 5.73 Å². The van der Waals surface area contributed by atoms with Gasteiger partial charge in [-0.15, -0.1) is 0 Å². The number of alkyl carbamates (subject to hydrolysis) is 1. The molecule has 2 heterocycles. The van der Waals surface area contributed by atoms with Crippen LogP contribution in [0.15, 0.2) is 36.5 Å². The summed E-state index contributed by atoms with van der Waals surface area (Å²) in [5, 5.41) is 2.92. The van der Waals surface area contributed by atoms with Crippen LogP contribution in [0.3, 0.4) is 0 Å². The molecule has 7 nitrogen and oxygen atoms in total. The summed E-state index contributed by atoms with van der Waals surface area (Å²) >= 11 is 0. The van der Waals surface area contributed by atoms with Crippen LogP contribution >= 0.6 is 0 Å². The number of carbonyl (C=O) groups is 1. The Kier molecular flexibility index (Phi) is 3.73. The third-order valence-electron chi connectivity index (χ3n) is 4.77. The van der Waals surface area contributed by atoms with Crippen molar-refractivity contribution in [3.63, 3.8) is 0 Å². The van der Waals surface area contributed by atoms with Gasteiger partial charge in [-0.1, -0.05) is 0 Å². The highest BCUT2D eigenvalue weighted by Crippen LogP contribution is 2.62. The van der Waals surface area contributed by atoms with Crippen LogP contribution < -0.4 is 20.5 Å². The number of nitrogen functional groups attached to an aromatic ring is 1. The van der Waals surface area contributed by atoms with Crippen LogP contribution in [0.2, 0.25) is 0 Å². The molecule has 1 saturated carbocycles. The first-order valence-corrected chi connectivity index (χ1v) is 8.87. The van der Waals surface area contributed by atoms with Gasteiger partial charge in [-0.2, -0.15) is 0 Å². The lowest BCUT2D eigenvalue weighted by Crippen LogP contribution is -2.38. The number of hydrogen-bond donors (Lipinski definition) is 2. The molecule has 142 valence electrons. The Labute approximate surface area is 157 Å². The molecular formula is C20H23N3O4. The van der Waals surface area contributed by atoms with Gasteiger partial charge in [0.25, 0.3) is 0 Å². The average Bonchev–Trinajstić information content (AvgIpc) is 2.96. The van der Waals surface area contributed by atoms with E-state index in [4.69, 9.17) is 19.9 Å². The number of carbonyl (C=O) groups excluding carboxylic acids is 1. The molecule has 1 amide bonds. The van der Waals surface area contributed by atoms with E-state index in [1.165, 1.54) is 0 Å². The minimum absolute atomic E-state index is 0.0612. The maximum absolute atomic E-state index is 12.1. The lowest BCUT2D eigenvalue weighted by atomic mass is 10.1. The van der Waals surface area contributed by atoms with Gasteiger partial charge in [-0.25, -0.2) is 9.78 Å². The first-order valence-electron chi connectivity index (χ1n) is 8.87. The molecule has 27 heavy (non-hydrogen) atoms. The SMILES string of the molecule is CC(C)(C)OC(=O)N[C@H]1[C@@H]2c3cc(Oc4ccnc(N)c4)ccc3OC12C. The van der Waals surface area contributed by atoms with Crippen LogP contribution in [0.5, 0.6) is 17.2 Å². The van der Waals surface area contributed by atoms with Gasteiger partial charge in [0, 0.05) is 17.8 Å². The van der Waals surface area contributed by atoms with Gasteiger partial charge in [0.05, 0.1) is 12.0 Å². The first kappa shape index (κ1) is 17.5. The third kappa shape index (κ3) is 3.25. The van der Waals surface area contributed by atoms with Gasteiger partial charge in [0.15, 0.2) is 0 Å². The van der Waals surface area contributed by atoms with E-state index in [2.05, 4.69) is 10.3 Å². The smallest absolute Gasteiger partial charge is 0.408 e. The quantitative estimate of drug-likeness (QED) is 0.858. The second-order valence-electron chi connectivity index (χ2n) is 8.11. The summed E-state index contributed by atoms with van der Waals surface area (Å²) in [4.78, 5) is 16.1. The second-order valence-corrected chi connectivity index (χ2v) is 8.11. The summed E-state index contributed by atoms with van der Waals surface area (Å²) in [6, 6.07) is 8.95. The molecule has 1 aliphatic heterocycles. The second kappa shape index (κ2) is 5.77. The predicted octanol–water partition coefficient (Wildman–Crippen LogP) is 3.60. The van der Waals surface area contributed by atoms with E-state index >= 15 is 0 Å². The fourth-order valence-electron chi connectivity index (χ4n) is 3.56. The number of benzene rings is 1. The van der Waals surface area contributed by atoms with E-state index in [0.29, 0.717) is 17.3 Å². The molecule has 1 aliphatic carbocycles. The highest BCUT2D eigenvalue weighted by molar-refractivity contribution is 5.71. The number of ether oxygens (including phenoxy) is 3. The van der Waals surface area contributed by atoms with Gasteiger partial charge in [0.2, 0.25) is 0 Å². The van der Waals surface area contributed by atoms with E-state index in [-0.39, 0.29) is 12.0 Å². The van der Waals surface area contributed by atoms with E-state index in [9.17, 15) is 4.79 Å². The highest BCUT2D eigenvalue weighted by Gasteiger charge is 2.70. The number of anilines is 1. The topological polar surface area (TPSA) is 95.7 Å². The zero-order chi connectivity index (χ0) is 19.4. The maximum atomic E-state index is 12.1. The van der Waals surface area contributed by atoms with Crippen LogP contribution in [0, 0.1) is 0 Å². The van der Waals surface area contributed by atoms with Crippen LogP contribution in [0.1, 0.15) is 39.2 Å². The first-order chi connectivity index (χ1) is 12.7. The Bertz CT molecular complexity index is 908. The van der Waals surface area contributed by atoms with E-state index in [0.717, 1.165) is 11.3 Å². The van der Waals surface area contributed by atoms with Crippen LogP contribution in [-0.4, -0.2) is 28.3 Å². The molecule has 0 saturated heterocycles. The van der Waals surface area contributed by atoms with E-state index < -0.39 is 17.3 Å². The molecule has 0 spiro atoms. The summed E-state index contributed by atoms with van der Waals surface area (Å²) in [6.07, 6.45) is 1.16. The molecule has 3 atom stereocenters. The van der Waals surface area contributed by atoms with Crippen molar-refractivity contribution in [3.05, 3.63) is 42.1 Å². The van der Waals surface area contributed by atoms with Gasteiger partial charge in [0.1, 0.15) is 34.3 Å². The Morgan fingerprint density at radius 1 is 1.26 bits per heavy atom. The molecule has 1 fully saturated rings. The molecular weight excluding hydrogens is 346 g/mol. The number of rotatable bonds is 3. The van der Waals surface area contributed by atoms with Gasteiger partial charge in [-0.3, -0.25) is 0 Å². The number of nitrogens with one attached hydrogen (secondary N) is 1. The number of nitrogens with zero attached hydrogens (tertiary/aromatic N) is 1. The summed E-state index contributed by atoms with van der Waals surface area (Å²) < 4.78 is 17.3. The van der Waals surface area contributed by atoms with Crippen molar-refractivity contribution in [2.24, 2.45) is 0 Å². The van der Waals surface area contributed by atoms with Crippen molar-refractivity contribution < 1.29 is 19.0 Å². The molecule has 1 unspecified atom stereocenters. The Morgan fingerprint density at radius 3 is 2.70 bits per heavy atom. The normalized spacial score (nSPS) is 25.0. The molecule has 2 aliphatic rings.